The van der Waals surface area contributed by atoms with Gasteiger partial charge in [-0.1, -0.05) is 0 Å². The molecule has 0 aromatic rings. The number of ether oxygens (including phenoxy) is 2. The Hall–Kier alpha value is -0.160. The van der Waals surface area contributed by atoms with E-state index in [0.29, 0.717) is 26.4 Å². The lowest BCUT2D eigenvalue weighted by atomic mass is 10.3. The Morgan fingerprint density at radius 1 is 1.33 bits per heavy atom. The fourth-order valence-corrected chi connectivity index (χ4v) is 0.836. The van der Waals surface area contributed by atoms with Gasteiger partial charge in [0.2, 0.25) is 0 Å². The van der Waals surface area contributed by atoms with Gasteiger partial charge in [0, 0.05) is 13.7 Å². The molecule has 0 aliphatic heterocycles. The van der Waals surface area contributed by atoms with Gasteiger partial charge < -0.3 is 19.5 Å². The van der Waals surface area contributed by atoms with Crippen LogP contribution in [-0.2, 0) is 9.47 Å². The molecule has 1 atom stereocenters. The molecule has 1 N–H and O–H groups in total. The van der Waals surface area contributed by atoms with Gasteiger partial charge in [-0.3, -0.25) is 0 Å². The van der Waals surface area contributed by atoms with Gasteiger partial charge in [-0.2, -0.15) is 0 Å². The van der Waals surface area contributed by atoms with Gasteiger partial charge >= 0.3 is 0 Å². The number of rotatable bonds is 7. The van der Waals surface area contributed by atoms with Crippen molar-refractivity contribution in [2.24, 2.45) is 0 Å². The standard InChI is InChI=1S/C8H19NO3/c1-9(2)6-8(10)7-12-5-4-11-3/h8,10H,4-7H2,1-3H3. The minimum Gasteiger partial charge on any atom is -0.389 e. The van der Waals surface area contributed by atoms with E-state index in [2.05, 4.69) is 0 Å². The van der Waals surface area contributed by atoms with Crippen molar-refractivity contribution in [3.05, 3.63) is 0 Å². The number of nitrogens with zero attached hydrogens (tertiary/aromatic N) is 1. The second-order valence-electron chi connectivity index (χ2n) is 2.98. The van der Waals surface area contributed by atoms with Crippen LogP contribution in [0.25, 0.3) is 0 Å². The van der Waals surface area contributed by atoms with Crippen LogP contribution < -0.4 is 0 Å². The number of likely N-dealkylation sites (N-methyl/N-ethyl adjacent to an activating group) is 1. The third kappa shape index (κ3) is 7.94. The molecule has 0 aromatic carbocycles. The quantitative estimate of drug-likeness (QED) is 0.536. The highest BCUT2D eigenvalue weighted by Crippen LogP contribution is 1.87. The van der Waals surface area contributed by atoms with Crippen molar-refractivity contribution in [2.45, 2.75) is 6.10 Å². The van der Waals surface area contributed by atoms with Crippen LogP contribution in [0.2, 0.25) is 0 Å². The van der Waals surface area contributed by atoms with Gasteiger partial charge in [0.05, 0.1) is 25.9 Å². The molecule has 74 valence electrons. The fourth-order valence-electron chi connectivity index (χ4n) is 0.836. The van der Waals surface area contributed by atoms with Gasteiger partial charge in [0.15, 0.2) is 0 Å². The maximum absolute atomic E-state index is 9.31. The first-order valence-electron chi connectivity index (χ1n) is 4.06. The highest BCUT2D eigenvalue weighted by atomic mass is 16.5. The van der Waals surface area contributed by atoms with E-state index in [9.17, 15) is 5.11 Å². The van der Waals surface area contributed by atoms with E-state index in [1.165, 1.54) is 0 Å². The molecule has 1 unspecified atom stereocenters. The molecule has 0 fully saturated rings. The zero-order valence-corrected chi connectivity index (χ0v) is 8.12. The third-order valence-corrected chi connectivity index (χ3v) is 1.32. The topological polar surface area (TPSA) is 41.9 Å². The Bertz CT molecular complexity index is 98.3. The summed E-state index contributed by atoms with van der Waals surface area (Å²) in [5.74, 6) is 0. The third-order valence-electron chi connectivity index (χ3n) is 1.32. The first-order valence-corrected chi connectivity index (χ1v) is 4.06. The van der Waals surface area contributed by atoms with Crippen LogP contribution in [0.5, 0.6) is 0 Å². The minimum absolute atomic E-state index is 0.377. The van der Waals surface area contributed by atoms with Gasteiger partial charge in [-0.25, -0.2) is 0 Å². The van der Waals surface area contributed by atoms with Crippen molar-refractivity contribution in [3.63, 3.8) is 0 Å². The van der Waals surface area contributed by atoms with Crippen molar-refractivity contribution in [3.8, 4) is 0 Å². The molecule has 12 heavy (non-hydrogen) atoms. The van der Waals surface area contributed by atoms with Crippen molar-refractivity contribution in [2.75, 3.05) is 47.6 Å². The molecule has 0 saturated carbocycles. The lowest BCUT2D eigenvalue weighted by Crippen LogP contribution is -2.29. The molecule has 0 aromatic heterocycles. The molecule has 0 aliphatic carbocycles. The highest BCUT2D eigenvalue weighted by Gasteiger charge is 2.04. The predicted octanol–water partition coefficient (Wildman–Crippen LogP) is -0.428. The van der Waals surface area contributed by atoms with E-state index < -0.39 is 6.10 Å². The Kier molecular flexibility index (Phi) is 7.39. The van der Waals surface area contributed by atoms with Crippen molar-refractivity contribution < 1.29 is 14.6 Å². The molecular formula is C8H19NO3. The van der Waals surface area contributed by atoms with Gasteiger partial charge in [0.25, 0.3) is 0 Å². The summed E-state index contributed by atoms with van der Waals surface area (Å²) in [6, 6.07) is 0. The molecule has 0 rings (SSSR count). The molecule has 4 heteroatoms. The highest BCUT2D eigenvalue weighted by molar-refractivity contribution is 4.56. The number of aliphatic hydroxyl groups excluding tert-OH is 1. The second-order valence-corrected chi connectivity index (χ2v) is 2.98. The lowest BCUT2D eigenvalue weighted by Gasteiger charge is -2.15. The smallest absolute Gasteiger partial charge is 0.0899 e. The molecule has 0 saturated heterocycles. The maximum Gasteiger partial charge on any atom is 0.0899 e. The molecule has 0 heterocycles. The van der Waals surface area contributed by atoms with Crippen LogP contribution in [-0.4, -0.2) is 63.7 Å². The molecule has 0 bridgehead atoms. The summed E-state index contributed by atoms with van der Waals surface area (Å²) in [6.45, 7) is 2.13. The van der Waals surface area contributed by atoms with Crippen LogP contribution in [0.1, 0.15) is 0 Å². The largest absolute Gasteiger partial charge is 0.389 e. The van der Waals surface area contributed by atoms with Gasteiger partial charge in [-0.05, 0) is 14.1 Å². The molecule has 4 nitrogen and oxygen atoms in total. The number of hydrogen-bond acceptors (Lipinski definition) is 4. The molecule has 0 spiro atoms. The molecular weight excluding hydrogens is 158 g/mol. The van der Waals surface area contributed by atoms with E-state index >= 15 is 0 Å². The summed E-state index contributed by atoms with van der Waals surface area (Å²) in [6.07, 6.45) is -0.406. The summed E-state index contributed by atoms with van der Waals surface area (Å²) in [7, 11) is 5.45. The fraction of sp³-hybridized carbons (Fsp3) is 1.00. The van der Waals surface area contributed by atoms with E-state index in [1.54, 1.807) is 7.11 Å². The molecule has 0 aliphatic rings. The van der Waals surface area contributed by atoms with E-state index in [1.807, 2.05) is 19.0 Å². The molecule has 0 radical (unpaired) electrons. The van der Waals surface area contributed by atoms with E-state index in [4.69, 9.17) is 9.47 Å². The Morgan fingerprint density at radius 3 is 2.50 bits per heavy atom. The van der Waals surface area contributed by atoms with Crippen LogP contribution in [0.3, 0.4) is 0 Å². The summed E-state index contributed by atoms with van der Waals surface area (Å²) in [5, 5.41) is 9.31. The van der Waals surface area contributed by atoms with E-state index in [-0.39, 0.29) is 0 Å². The Morgan fingerprint density at radius 2 is 2.00 bits per heavy atom. The van der Waals surface area contributed by atoms with Gasteiger partial charge in [-0.15, -0.1) is 0 Å². The molecule has 0 amide bonds. The zero-order chi connectivity index (χ0) is 9.40. The van der Waals surface area contributed by atoms with E-state index in [0.717, 1.165) is 0 Å². The number of aliphatic hydroxyl groups is 1. The average molecular weight is 177 g/mol. The maximum atomic E-state index is 9.31. The lowest BCUT2D eigenvalue weighted by molar-refractivity contribution is 0.00478. The van der Waals surface area contributed by atoms with Crippen molar-refractivity contribution in [1.29, 1.82) is 0 Å². The first-order chi connectivity index (χ1) is 5.66. The predicted molar refractivity (Wildman–Crippen MR) is 47.3 cm³/mol. The summed E-state index contributed by atoms with van der Waals surface area (Å²) < 4.78 is 9.92. The Balaban J connectivity index is 3.14. The normalized spacial score (nSPS) is 13.8. The summed E-state index contributed by atoms with van der Waals surface area (Å²) in [5.41, 5.74) is 0. The number of methoxy groups -OCH3 is 1. The van der Waals surface area contributed by atoms with Gasteiger partial charge in [0.1, 0.15) is 0 Å². The average Bonchev–Trinajstić information content (AvgIpc) is 1.97. The number of hydrogen-bond donors (Lipinski definition) is 1. The zero-order valence-electron chi connectivity index (χ0n) is 8.12. The van der Waals surface area contributed by atoms with Crippen LogP contribution in [0.15, 0.2) is 0 Å². The summed E-state index contributed by atoms with van der Waals surface area (Å²) in [4.78, 5) is 1.92. The van der Waals surface area contributed by atoms with Crippen molar-refractivity contribution >= 4 is 0 Å². The first kappa shape index (κ1) is 11.8. The minimum atomic E-state index is -0.406. The van der Waals surface area contributed by atoms with Crippen LogP contribution >= 0.6 is 0 Å². The van der Waals surface area contributed by atoms with Crippen LogP contribution in [0, 0.1) is 0 Å². The second kappa shape index (κ2) is 7.49. The monoisotopic (exact) mass is 177 g/mol. The van der Waals surface area contributed by atoms with Crippen LogP contribution in [0.4, 0.5) is 0 Å². The van der Waals surface area contributed by atoms with Crippen molar-refractivity contribution in [1.82, 2.24) is 4.90 Å². The SMILES string of the molecule is COCCOCC(O)CN(C)C. The Labute approximate surface area is 74.1 Å². The summed E-state index contributed by atoms with van der Waals surface area (Å²) >= 11 is 0.